The summed E-state index contributed by atoms with van der Waals surface area (Å²) in [5.74, 6) is -1.11. The lowest BCUT2D eigenvalue weighted by Crippen LogP contribution is -2.37. The fraction of sp³-hybridized carbons (Fsp3) is 0.500. The first-order valence-electron chi connectivity index (χ1n) is 8.84. The molecule has 138 valence electrons. The number of hydrogen-bond acceptors (Lipinski definition) is 6. The van der Waals surface area contributed by atoms with E-state index in [-0.39, 0.29) is 36.3 Å². The number of benzene rings is 1. The van der Waals surface area contributed by atoms with Crippen LogP contribution >= 0.6 is 0 Å². The van der Waals surface area contributed by atoms with Crippen molar-refractivity contribution in [3.05, 3.63) is 34.6 Å². The number of carbonyl (C=O) groups is 2. The van der Waals surface area contributed by atoms with E-state index in [9.17, 15) is 19.5 Å². The van der Waals surface area contributed by atoms with Gasteiger partial charge in [-0.1, -0.05) is 17.3 Å². The van der Waals surface area contributed by atoms with Crippen molar-refractivity contribution in [1.82, 2.24) is 20.3 Å². The molecule has 1 aromatic carbocycles. The Kier molecular flexibility index (Phi) is 5.60. The minimum absolute atomic E-state index is 0.100. The molecule has 1 aromatic heterocycles. The smallest absolute Gasteiger partial charge is 0.277 e. The van der Waals surface area contributed by atoms with Gasteiger partial charge in [0.1, 0.15) is 5.52 Å². The number of carbonyl (C=O) groups excluding carboxylic acids is 2. The normalized spacial score (nSPS) is 20.0. The van der Waals surface area contributed by atoms with Crippen molar-refractivity contribution in [3.8, 4) is 0 Å². The average Bonchev–Trinajstić information content (AvgIpc) is 2.64. The number of rotatable bonds is 6. The molecule has 1 heterocycles. The highest BCUT2D eigenvalue weighted by Gasteiger charge is 2.26. The summed E-state index contributed by atoms with van der Waals surface area (Å²) in [4.78, 5) is 34.9. The molecule has 1 saturated carbocycles. The maximum atomic E-state index is 12.5. The molecule has 1 N–H and O–H groups in total. The maximum absolute atomic E-state index is 12.5. The molecule has 1 aliphatic rings. The Morgan fingerprint density at radius 1 is 1.19 bits per heavy atom. The number of carboxylic acid groups (broad SMARTS) is 1. The van der Waals surface area contributed by atoms with Crippen LogP contribution in [0.25, 0.3) is 10.9 Å². The van der Waals surface area contributed by atoms with E-state index in [4.69, 9.17) is 0 Å². The number of nitrogens with zero attached hydrogens (tertiary/aromatic N) is 3. The summed E-state index contributed by atoms with van der Waals surface area (Å²) >= 11 is 0. The van der Waals surface area contributed by atoms with Crippen molar-refractivity contribution in [2.24, 2.45) is 11.8 Å². The Balaban J connectivity index is 1.54. The van der Waals surface area contributed by atoms with Gasteiger partial charge in [-0.05, 0) is 43.7 Å². The van der Waals surface area contributed by atoms with Crippen LogP contribution in [0.15, 0.2) is 29.1 Å². The second-order valence-electron chi connectivity index (χ2n) is 6.72. The van der Waals surface area contributed by atoms with Crippen molar-refractivity contribution < 1.29 is 14.7 Å². The molecule has 0 bridgehead atoms. The van der Waals surface area contributed by atoms with Crippen LogP contribution in [0, 0.1) is 11.8 Å². The van der Waals surface area contributed by atoms with Gasteiger partial charge in [0.25, 0.3) is 5.56 Å². The minimum Gasteiger partial charge on any atom is -0.550 e. The first kappa shape index (κ1) is 18.0. The van der Waals surface area contributed by atoms with Gasteiger partial charge in [0.15, 0.2) is 0 Å². The molecule has 8 nitrogen and oxygen atoms in total. The maximum Gasteiger partial charge on any atom is 0.277 e. The molecule has 1 amide bonds. The van der Waals surface area contributed by atoms with Crippen LogP contribution in [0.5, 0.6) is 0 Å². The highest BCUT2D eigenvalue weighted by molar-refractivity contribution is 5.79. The summed E-state index contributed by atoms with van der Waals surface area (Å²) in [6, 6.07) is 7.13. The van der Waals surface area contributed by atoms with Crippen molar-refractivity contribution in [2.75, 3.05) is 6.54 Å². The predicted molar refractivity (Wildman–Crippen MR) is 91.9 cm³/mol. The van der Waals surface area contributed by atoms with E-state index in [0.29, 0.717) is 17.4 Å². The third-order valence-corrected chi connectivity index (χ3v) is 4.91. The van der Waals surface area contributed by atoms with Gasteiger partial charge < -0.3 is 15.2 Å². The monoisotopic (exact) mass is 357 g/mol. The Labute approximate surface area is 150 Å². The summed E-state index contributed by atoms with van der Waals surface area (Å²) in [7, 11) is 0. The molecule has 0 aliphatic heterocycles. The van der Waals surface area contributed by atoms with Gasteiger partial charge in [0, 0.05) is 31.4 Å². The molecule has 2 aromatic rings. The summed E-state index contributed by atoms with van der Waals surface area (Å²) in [5.41, 5.74) is 0.448. The van der Waals surface area contributed by atoms with Gasteiger partial charge in [0.05, 0.1) is 5.39 Å². The van der Waals surface area contributed by atoms with Crippen LogP contribution in [0.2, 0.25) is 0 Å². The molecule has 8 heteroatoms. The first-order chi connectivity index (χ1) is 12.5. The SMILES string of the molecule is O=C([O-])CCNC(=O)C1CCC(Cn2nnc3ccccc3c2=O)CC1. The van der Waals surface area contributed by atoms with Crippen LogP contribution in [0.4, 0.5) is 0 Å². The first-order valence-corrected chi connectivity index (χ1v) is 8.84. The van der Waals surface area contributed by atoms with Crippen LogP contribution in [0.1, 0.15) is 32.1 Å². The third-order valence-electron chi connectivity index (χ3n) is 4.91. The van der Waals surface area contributed by atoms with Gasteiger partial charge in [-0.2, -0.15) is 0 Å². The molecule has 0 atom stereocenters. The van der Waals surface area contributed by atoms with E-state index >= 15 is 0 Å². The fourth-order valence-electron chi connectivity index (χ4n) is 3.43. The van der Waals surface area contributed by atoms with Crippen molar-refractivity contribution in [1.29, 1.82) is 0 Å². The van der Waals surface area contributed by atoms with E-state index < -0.39 is 5.97 Å². The number of aliphatic carboxylic acids is 1. The summed E-state index contributed by atoms with van der Waals surface area (Å²) < 4.78 is 1.41. The summed E-state index contributed by atoms with van der Waals surface area (Å²) in [6.07, 6.45) is 2.90. The molecule has 1 aliphatic carbocycles. The Hall–Kier alpha value is -2.77. The number of aromatic nitrogens is 3. The molecule has 1 fully saturated rings. The van der Waals surface area contributed by atoms with E-state index in [1.807, 2.05) is 6.07 Å². The lowest BCUT2D eigenvalue weighted by atomic mass is 9.81. The highest BCUT2D eigenvalue weighted by atomic mass is 16.4. The Morgan fingerprint density at radius 2 is 1.92 bits per heavy atom. The molecule has 0 unspecified atom stereocenters. The second kappa shape index (κ2) is 8.07. The van der Waals surface area contributed by atoms with Gasteiger partial charge in [-0.15, -0.1) is 5.10 Å². The topological polar surface area (TPSA) is 117 Å². The van der Waals surface area contributed by atoms with E-state index in [1.54, 1.807) is 18.2 Å². The van der Waals surface area contributed by atoms with Gasteiger partial charge in [0.2, 0.25) is 5.91 Å². The van der Waals surface area contributed by atoms with E-state index in [2.05, 4.69) is 15.6 Å². The molecule has 26 heavy (non-hydrogen) atoms. The minimum atomic E-state index is -1.17. The average molecular weight is 357 g/mol. The number of nitrogens with one attached hydrogen (secondary N) is 1. The zero-order valence-electron chi connectivity index (χ0n) is 14.4. The van der Waals surface area contributed by atoms with Gasteiger partial charge in [-0.3, -0.25) is 9.59 Å². The molecule has 0 spiro atoms. The predicted octanol–water partition coefficient (Wildman–Crippen LogP) is -0.146. The number of hydrogen-bond donors (Lipinski definition) is 1. The number of fused-ring (bicyclic) bond motifs is 1. The van der Waals surface area contributed by atoms with Crippen LogP contribution in [-0.2, 0) is 16.1 Å². The highest BCUT2D eigenvalue weighted by Crippen LogP contribution is 2.29. The standard InChI is InChI=1S/C18H22N4O4/c23-16(24)9-10-19-17(25)13-7-5-12(6-8-13)11-22-18(26)14-3-1-2-4-15(14)20-21-22/h1-4,12-13H,5-11H2,(H,19,25)(H,23,24)/p-1. The molecule has 0 radical (unpaired) electrons. The van der Waals surface area contributed by atoms with E-state index in [1.165, 1.54) is 4.68 Å². The van der Waals surface area contributed by atoms with Gasteiger partial charge in [-0.25, -0.2) is 4.68 Å². The number of amides is 1. The summed E-state index contributed by atoms with van der Waals surface area (Å²) in [6.45, 7) is 0.596. The molecule has 3 rings (SSSR count). The van der Waals surface area contributed by atoms with Crippen LogP contribution in [0.3, 0.4) is 0 Å². The van der Waals surface area contributed by atoms with Crippen LogP contribution in [-0.4, -0.2) is 33.4 Å². The lowest BCUT2D eigenvalue weighted by Gasteiger charge is -2.27. The van der Waals surface area contributed by atoms with E-state index in [0.717, 1.165) is 25.7 Å². The van der Waals surface area contributed by atoms with Crippen molar-refractivity contribution in [2.45, 2.75) is 38.6 Å². The van der Waals surface area contributed by atoms with Crippen molar-refractivity contribution in [3.63, 3.8) is 0 Å². The quantitative estimate of drug-likeness (QED) is 0.769. The van der Waals surface area contributed by atoms with Crippen molar-refractivity contribution >= 4 is 22.8 Å². The Bertz CT molecular complexity index is 856. The largest absolute Gasteiger partial charge is 0.550 e. The zero-order valence-corrected chi connectivity index (χ0v) is 14.4. The molecule has 0 saturated heterocycles. The zero-order chi connectivity index (χ0) is 18.5. The molecular weight excluding hydrogens is 336 g/mol. The molecular formula is C18H21N4O4-. The number of carboxylic acids is 1. The Morgan fingerprint density at radius 3 is 2.65 bits per heavy atom. The third kappa shape index (κ3) is 4.25. The van der Waals surface area contributed by atoms with Gasteiger partial charge >= 0.3 is 0 Å². The summed E-state index contributed by atoms with van der Waals surface area (Å²) in [5, 5.41) is 21.7. The second-order valence-corrected chi connectivity index (χ2v) is 6.72. The fourth-order valence-corrected chi connectivity index (χ4v) is 3.43. The lowest BCUT2D eigenvalue weighted by molar-refractivity contribution is -0.305. The van der Waals surface area contributed by atoms with Crippen LogP contribution < -0.4 is 16.0 Å².